The number of aromatic nitrogens is 2. The van der Waals surface area contributed by atoms with Gasteiger partial charge in [0.1, 0.15) is 5.82 Å². The molecule has 3 rings (SSSR count). The molecule has 3 N–H and O–H groups in total. The standard InChI is InChI=1S/C16H12Cl2N4O3S/c17-13-5-4-12(9-14(13)18)26(24,25)22-11-3-1-2-10(8-11)16(23)20-15-6-7-19-21-15/h1-9,22H,(H2,19,20,21,23). The summed E-state index contributed by atoms with van der Waals surface area (Å²) in [6, 6.07) is 11.6. The van der Waals surface area contributed by atoms with Gasteiger partial charge in [0.05, 0.1) is 21.1 Å². The molecule has 134 valence electrons. The van der Waals surface area contributed by atoms with Gasteiger partial charge in [-0.25, -0.2) is 8.42 Å². The second kappa shape index (κ2) is 7.36. The molecular formula is C16H12Cl2N4O3S. The highest BCUT2D eigenvalue weighted by atomic mass is 35.5. The van der Waals surface area contributed by atoms with E-state index < -0.39 is 15.9 Å². The largest absolute Gasteiger partial charge is 0.307 e. The number of nitrogens with zero attached hydrogens (tertiary/aromatic N) is 1. The summed E-state index contributed by atoms with van der Waals surface area (Å²) in [6.07, 6.45) is 1.50. The Kier molecular flexibility index (Phi) is 5.17. The third-order valence-corrected chi connectivity index (χ3v) is 5.45. The van der Waals surface area contributed by atoms with Gasteiger partial charge >= 0.3 is 0 Å². The molecule has 0 atom stereocenters. The zero-order chi connectivity index (χ0) is 18.7. The van der Waals surface area contributed by atoms with Crippen molar-refractivity contribution < 1.29 is 13.2 Å². The lowest BCUT2D eigenvalue weighted by molar-refractivity contribution is 0.102. The first-order chi connectivity index (χ1) is 12.3. The number of halogens is 2. The molecule has 0 aliphatic heterocycles. The monoisotopic (exact) mass is 410 g/mol. The molecule has 0 unspecified atom stereocenters. The molecule has 7 nitrogen and oxygen atoms in total. The van der Waals surface area contributed by atoms with E-state index >= 15 is 0 Å². The molecule has 1 aromatic heterocycles. The number of rotatable bonds is 5. The summed E-state index contributed by atoms with van der Waals surface area (Å²) in [4.78, 5) is 12.2. The van der Waals surface area contributed by atoms with Crippen LogP contribution in [0.3, 0.4) is 0 Å². The maximum absolute atomic E-state index is 12.5. The summed E-state index contributed by atoms with van der Waals surface area (Å²) in [5, 5.41) is 9.32. The smallest absolute Gasteiger partial charge is 0.261 e. The average Bonchev–Trinajstić information content (AvgIpc) is 3.10. The van der Waals surface area contributed by atoms with Crippen LogP contribution in [0.25, 0.3) is 0 Å². The van der Waals surface area contributed by atoms with Crippen LogP contribution in [-0.2, 0) is 10.0 Å². The van der Waals surface area contributed by atoms with Gasteiger partial charge in [0.25, 0.3) is 15.9 Å². The van der Waals surface area contributed by atoms with Crippen LogP contribution < -0.4 is 10.0 Å². The van der Waals surface area contributed by atoms with E-state index in [0.29, 0.717) is 5.82 Å². The van der Waals surface area contributed by atoms with E-state index in [0.717, 1.165) is 0 Å². The third-order valence-electron chi connectivity index (χ3n) is 3.33. The van der Waals surface area contributed by atoms with Gasteiger partial charge in [0.2, 0.25) is 0 Å². The van der Waals surface area contributed by atoms with E-state index in [-0.39, 0.29) is 26.2 Å². The summed E-state index contributed by atoms with van der Waals surface area (Å²) in [5.74, 6) is 0.0154. The fourth-order valence-electron chi connectivity index (χ4n) is 2.10. The van der Waals surface area contributed by atoms with Crippen molar-refractivity contribution in [2.45, 2.75) is 4.90 Å². The fraction of sp³-hybridized carbons (Fsp3) is 0. The second-order valence-corrected chi connectivity index (χ2v) is 7.68. The molecule has 0 radical (unpaired) electrons. The highest BCUT2D eigenvalue weighted by Gasteiger charge is 2.16. The van der Waals surface area contributed by atoms with Crippen molar-refractivity contribution >= 4 is 50.6 Å². The number of benzene rings is 2. The first-order valence-electron chi connectivity index (χ1n) is 7.24. The van der Waals surface area contributed by atoms with E-state index in [4.69, 9.17) is 23.2 Å². The second-order valence-electron chi connectivity index (χ2n) is 5.19. The minimum Gasteiger partial charge on any atom is -0.307 e. The van der Waals surface area contributed by atoms with Crippen molar-refractivity contribution in [2.75, 3.05) is 10.0 Å². The Balaban J connectivity index is 1.81. The summed E-state index contributed by atoms with van der Waals surface area (Å²) >= 11 is 11.7. The highest BCUT2D eigenvalue weighted by Crippen LogP contribution is 2.26. The Hall–Kier alpha value is -2.55. The maximum atomic E-state index is 12.5. The molecule has 0 fully saturated rings. The van der Waals surface area contributed by atoms with Crippen molar-refractivity contribution in [1.82, 2.24) is 10.2 Å². The molecule has 3 aromatic rings. The van der Waals surface area contributed by atoms with Crippen LogP contribution >= 0.6 is 23.2 Å². The van der Waals surface area contributed by atoms with E-state index in [1.807, 2.05) is 0 Å². The Morgan fingerprint density at radius 1 is 1.04 bits per heavy atom. The third kappa shape index (κ3) is 4.16. The van der Waals surface area contributed by atoms with Crippen molar-refractivity contribution in [1.29, 1.82) is 0 Å². The molecular weight excluding hydrogens is 399 g/mol. The van der Waals surface area contributed by atoms with Gasteiger partial charge in [-0.2, -0.15) is 5.10 Å². The summed E-state index contributed by atoms with van der Waals surface area (Å²) < 4.78 is 27.4. The molecule has 26 heavy (non-hydrogen) atoms. The van der Waals surface area contributed by atoms with Gasteiger partial charge in [-0.15, -0.1) is 0 Å². The maximum Gasteiger partial charge on any atom is 0.261 e. The number of sulfonamides is 1. The molecule has 1 amide bonds. The first kappa shape index (κ1) is 18.2. The quantitative estimate of drug-likeness (QED) is 0.595. The summed E-state index contributed by atoms with van der Waals surface area (Å²) in [5.41, 5.74) is 0.502. The van der Waals surface area contributed by atoms with Crippen molar-refractivity contribution in [2.24, 2.45) is 0 Å². The molecule has 0 spiro atoms. The first-order valence-corrected chi connectivity index (χ1v) is 9.48. The van der Waals surface area contributed by atoms with Crippen LogP contribution in [0, 0.1) is 0 Å². The molecule has 0 bridgehead atoms. The van der Waals surface area contributed by atoms with Gasteiger partial charge < -0.3 is 5.32 Å². The summed E-state index contributed by atoms with van der Waals surface area (Å²) in [7, 11) is -3.89. The number of anilines is 2. The van der Waals surface area contributed by atoms with Crippen LogP contribution in [0.1, 0.15) is 10.4 Å². The Morgan fingerprint density at radius 3 is 2.54 bits per heavy atom. The van der Waals surface area contributed by atoms with Crippen LogP contribution in [-0.4, -0.2) is 24.5 Å². The van der Waals surface area contributed by atoms with Crippen LogP contribution in [0.4, 0.5) is 11.5 Å². The van der Waals surface area contributed by atoms with Gasteiger partial charge in [-0.05, 0) is 36.4 Å². The SMILES string of the molecule is O=C(Nc1ccn[nH]1)c1cccc(NS(=O)(=O)c2ccc(Cl)c(Cl)c2)c1. The fourth-order valence-corrected chi connectivity index (χ4v) is 3.54. The molecule has 0 saturated carbocycles. The van der Waals surface area contributed by atoms with Gasteiger partial charge in [0.15, 0.2) is 0 Å². The van der Waals surface area contributed by atoms with Crippen molar-refractivity contribution in [3.63, 3.8) is 0 Å². The number of hydrogen-bond donors (Lipinski definition) is 3. The number of nitrogens with one attached hydrogen (secondary N) is 3. The van der Waals surface area contributed by atoms with Gasteiger partial charge in [-0.3, -0.25) is 14.6 Å². The van der Waals surface area contributed by atoms with Crippen molar-refractivity contribution in [3.05, 3.63) is 70.3 Å². The van der Waals surface area contributed by atoms with Crippen molar-refractivity contribution in [3.8, 4) is 0 Å². The number of H-pyrrole nitrogens is 1. The lowest BCUT2D eigenvalue weighted by Gasteiger charge is -2.10. The Morgan fingerprint density at radius 2 is 1.85 bits per heavy atom. The molecule has 1 heterocycles. The highest BCUT2D eigenvalue weighted by molar-refractivity contribution is 7.92. The minimum absolute atomic E-state index is 0.0424. The van der Waals surface area contributed by atoms with Crippen LogP contribution in [0.15, 0.2) is 59.6 Å². The predicted octanol–water partition coefficient (Wildman–Crippen LogP) is 3.77. The van der Waals surface area contributed by atoms with Gasteiger partial charge in [0, 0.05) is 17.3 Å². The lowest BCUT2D eigenvalue weighted by Crippen LogP contribution is -2.15. The topological polar surface area (TPSA) is 104 Å². The lowest BCUT2D eigenvalue weighted by atomic mass is 10.2. The van der Waals surface area contributed by atoms with E-state index in [1.54, 1.807) is 18.2 Å². The molecule has 0 aliphatic carbocycles. The summed E-state index contributed by atoms with van der Waals surface area (Å²) in [6.45, 7) is 0. The number of carbonyl (C=O) groups excluding carboxylic acids is 1. The Bertz CT molecular complexity index is 1050. The Labute approximate surface area is 159 Å². The minimum atomic E-state index is -3.89. The van der Waals surface area contributed by atoms with Crippen LogP contribution in [0.5, 0.6) is 0 Å². The number of hydrogen-bond acceptors (Lipinski definition) is 4. The number of amides is 1. The van der Waals surface area contributed by atoms with Crippen LogP contribution in [0.2, 0.25) is 10.0 Å². The zero-order valence-electron chi connectivity index (χ0n) is 13.0. The van der Waals surface area contributed by atoms with E-state index in [9.17, 15) is 13.2 Å². The molecule has 0 aliphatic rings. The van der Waals surface area contributed by atoms with E-state index in [2.05, 4.69) is 20.2 Å². The normalized spacial score (nSPS) is 11.2. The zero-order valence-corrected chi connectivity index (χ0v) is 15.4. The molecule has 10 heteroatoms. The average molecular weight is 411 g/mol. The van der Waals surface area contributed by atoms with E-state index in [1.165, 1.54) is 36.5 Å². The van der Waals surface area contributed by atoms with Gasteiger partial charge in [-0.1, -0.05) is 29.3 Å². The predicted molar refractivity (Wildman–Crippen MR) is 100 cm³/mol. The number of aromatic amines is 1. The number of carbonyl (C=O) groups is 1. The molecule has 2 aromatic carbocycles. The molecule has 0 saturated heterocycles.